The van der Waals surface area contributed by atoms with Crippen molar-refractivity contribution in [3.8, 4) is 0 Å². The van der Waals surface area contributed by atoms with Gasteiger partial charge in [-0.15, -0.1) is 11.3 Å². The van der Waals surface area contributed by atoms with Crippen LogP contribution in [0.3, 0.4) is 0 Å². The zero-order chi connectivity index (χ0) is 17.1. The molecule has 0 saturated carbocycles. The van der Waals surface area contributed by atoms with E-state index in [4.69, 9.17) is 0 Å². The zero-order valence-corrected chi connectivity index (χ0v) is 13.1. The molecule has 1 heterocycles. The number of hydrogen-bond donors (Lipinski definition) is 3. The Balaban J connectivity index is 2.39. The quantitative estimate of drug-likeness (QED) is 0.799. The zero-order valence-electron chi connectivity index (χ0n) is 12.3. The highest BCUT2D eigenvalue weighted by Gasteiger charge is 2.25. The van der Waals surface area contributed by atoms with Crippen molar-refractivity contribution in [1.29, 1.82) is 0 Å². The van der Waals surface area contributed by atoms with Gasteiger partial charge in [0.1, 0.15) is 10.8 Å². The van der Waals surface area contributed by atoms with Crippen LogP contribution in [0.15, 0.2) is 24.3 Å². The van der Waals surface area contributed by atoms with E-state index >= 15 is 0 Å². The van der Waals surface area contributed by atoms with E-state index in [-0.39, 0.29) is 26.7 Å². The summed E-state index contributed by atoms with van der Waals surface area (Å²) in [5.41, 5.74) is 0.0484. The molecule has 0 radical (unpaired) electrons. The molecule has 0 fully saturated rings. The SMILES string of the molecule is CC(=O)Nc1sc(C(=O)Nc2ccccc2F)c(C)c1C(=O)O. The van der Waals surface area contributed by atoms with Crippen molar-refractivity contribution in [1.82, 2.24) is 0 Å². The molecular weight excluding hydrogens is 323 g/mol. The molecule has 2 aromatic rings. The fourth-order valence-electron chi connectivity index (χ4n) is 1.98. The summed E-state index contributed by atoms with van der Waals surface area (Å²) in [4.78, 5) is 34.9. The number of carbonyl (C=O) groups excluding carboxylic acids is 2. The number of carboxylic acids is 1. The molecule has 120 valence electrons. The van der Waals surface area contributed by atoms with Gasteiger partial charge in [0.25, 0.3) is 5.91 Å². The third-order valence-electron chi connectivity index (χ3n) is 2.98. The molecule has 2 amide bonds. The molecule has 0 atom stereocenters. The van der Waals surface area contributed by atoms with Gasteiger partial charge in [-0.3, -0.25) is 9.59 Å². The average molecular weight is 336 g/mol. The Bertz CT molecular complexity index is 801. The van der Waals surface area contributed by atoms with Gasteiger partial charge in [0.2, 0.25) is 5.91 Å². The highest BCUT2D eigenvalue weighted by molar-refractivity contribution is 7.18. The van der Waals surface area contributed by atoms with Gasteiger partial charge in [-0.1, -0.05) is 12.1 Å². The Labute approximate surface area is 134 Å². The topological polar surface area (TPSA) is 95.5 Å². The number of thiophene rings is 1. The van der Waals surface area contributed by atoms with Crippen LogP contribution in [-0.2, 0) is 4.79 Å². The van der Waals surface area contributed by atoms with Crippen LogP contribution in [-0.4, -0.2) is 22.9 Å². The van der Waals surface area contributed by atoms with Crippen LogP contribution >= 0.6 is 11.3 Å². The minimum absolute atomic E-state index is 0.0109. The lowest BCUT2D eigenvalue weighted by Crippen LogP contribution is -2.13. The number of halogens is 1. The highest BCUT2D eigenvalue weighted by Crippen LogP contribution is 2.33. The molecule has 0 aliphatic rings. The molecule has 0 aliphatic carbocycles. The average Bonchev–Trinajstić information content (AvgIpc) is 2.77. The second kappa shape index (κ2) is 6.57. The first-order valence-electron chi connectivity index (χ1n) is 6.51. The Kier molecular flexibility index (Phi) is 4.75. The predicted octanol–water partition coefficient (Wildman–Crippen LogP) is 3.10. The van der Waals surface area contributed by atoms with E-state index in [0.717, 1.165) is 11.3 Å². The summed E-state index contributed by atoms with van der Waals surface area (Å²) in [6.07, 6.45) is 0. The van der Waals surface area contributed by atoms with Crippen LogP contribution in [0.25, 0.3) is 0 Å². The normalized spacial score (nSPS) is 10.2. The van der Waals surface area contributed by atoms with Gasteiger partial charge in [-0.25, -0.2) is 9.18 Å². The standard InChI is InChI=1S/C15H13FN2O4S/c1-7-11(15(21)22)14(17-8(2)19)23-12(7)13(20)18-10-6-4-3-5-9(10)16/h3-6H,1-2H3,(H,17,19)(H,18,20)(H,21,22). The molecule has 0 unspecified atom stereocenters. The van der Waals surface area contributed by atoms with Gasteiger partial charge in [0.05, 0.1) is 16.1 Å². The summed E-state index contributed by atoms with van der Waals surface area (Å²) in [5, 5.41) is 14.1. The van der Waals surface area contributed by atoms with E-state index in [2.05, 4.69) is 10.6 Å². The van der Waals surface area contributed by atoms with Crippen molar-refractivity contribution in [3.05, 3.63) is 46.1 Å². The molecule has 0 saturated heterocycles. The van der Waals surface area contributed by atoms with Crippen molar-refractivity contribution in [2.45, 2.75) is 13.8 Å². The lowest BCUT2D eigenvalue weighted by atomic mass is 10.1. The summed E-state index contributed by atoms with van der Waals surface area (Å²) in [6, 6.07) is 5.63. The first-order valence-corrected chi connectivity index (χ1v) is 7.33. The molecule has 0 aliphatic heterocycles. The Morgan fingerprint density at radius 1 is 1.17 bits per heavy atom. The Morgan fingerprint density at radius 2 is 1.83 bits per heavy atom. The lowest BCUT2D eigenvalue weighted by molar-refractivity contribution is -0.114. The number of hydrogen-bond acceptors (Lipinski definition) is 4. The van der Waals surface area contributed by atoms with Crippen molar-refractivity contribution in [2.75, 3.05) is 10.6 Å². The fourth-order valence-corrected chi connectivity index (χ4v) is 3.12. The monoisotopic (exact) mass is 336 g/mol. The van der Waals surface area contributed by atoms with Gasteiger partial charge in [-0.2, -0.15) is 0 Å². The molecule has 1 aromatic heterocycles. The molecule has 0 spiro atoms. The molecule has 3 N–H and O–H groups in total. The molecular formula is C15H13FN2O4S. The van der Waals surface area contributed by atoms with E-state index in [0.29, 0.717) is 0 Å². The van der Waals surface area contributed by atoms with Crippen LogP contribution in [0.2, 0.25) is 0 Å². The maximum absolute atomic E-state index is 13.6. The van der Waals surface area contributed by atoms with Gasteiger partial charge in [0, 0.05) is 6.92 Å². The molecule has 0 bridgehead atoms. The molecule has 1 aromatic carbocycles. The third kappa shape index (κ3) is 3.54. The number of para-hydroxylation sites is 1. The van der Waals surface area contributed by atoms with Gasteiger partial charge in [-0.05, 0) is 24.6 Å². The lowest BCUT2D eigenvalue weighted by Gasteiger charge is -2.05. The summed E-state index contributed by atoms with van der Waals surface area (Å²) in [5.74, 6) is -2.95. The number of nitrogens with one attached hydrogen (secondary N) is 2. The van der Waals surface area contributed by atoms with E-state index in [9.17, 15) is 23.9 Å². The van der Waals surface area contributed by atoms with Gasteiger partial charge < -0.3 is 15.7 Å². The largest absolute Gasteiger partial charge is 0.478 e. The van der Waals surface area contributed by atoms with Crippen LogP contribution in [0.4, 0.5) is 15.1 Å². The van der Waals surface area contributed by atoms with E-state index in [1.165, 1.54) is 32.0 Å². The minimum atomic E-state index is -1.26. The number of rotatable bonds is 4. The summed E-state index contributed by atoms with van der Waals surface area (Å²) < 4.78 is 13.6. The maximum atomic E-state index is 13.6. The second-order valence-corrected chi connectivity index (χ2v) is 5.70. The van der Waals surface area contributed by atoms with E-state index < -0.39 is 23.6 Å². The first-order chi connectivity index (χ1) is 10.8. The number of carboxylic acid groups (broad SMARTS) is 1. The fraction of sp³-hybridized carbons (Fsp3) is 0.133. The summed E-state index contributed by atoms with van der Waals surface area (Å²) in [7, 11) is 0. The van der Waals surface area contributed by atoms with Gasteiger partial charge >= 0.3 is 5.97 Å². The number of amides is 2. The van der Waals surface area contributed by atoms with Crippen molar-refractivity contribution >= 4 is 39.8 Å². The highest BCUT2D eigenvalue weighted by atomic mass is 32.1. The molecule has 2 rings (SSSR count). The number of benzene rings is 1. The summed E-state index contributed by atoms with van der Waals surface area (Å²) in [6.45, 7) is 2.70. The first kappa shape index (κ1) is 16.6. The Morgan fingerprint density at radius 3 is 2.39 bits per heavy atom. The van der Waals surface area contributed by atoms with Crippen molar-refractivity contribution < 1.29 is 23.9 Å². The molecule has 8 heteroatoms. The van der Waals surface area contributed by atoms with E-state index in [1.54, 1.807) is 6.07 Å². The molecule has 23 heavy (non-hydrogen) atoms. The van der Waals surface area contributed by atoms with Crippen molar-refractivity contribution in [3.63, 3.8) is 0 Å². The minimum Gasteiger partial charge on any atom is -0.478 e. The number of anilines is 2. The van der Waals surface area contributed by atoms with Gasteiger partial charge in [0.15, 0.2) is 0 Å². The van der Waals surface area contributed by atoms with Crippen LogP contribution in [0.5, 0.6) is 0 Å². The third-order valence-corrected chi connectivity index (χ3v) is 4.18. The number of aromatic carboxylic acids is 1. The smallest absolute Gasteiger partial charge is 0.339 e. The van der Waals surface area contributed by atoms with Crippen molar-refractivity contribution in [2.24, 2.45) is 0 Å². The van der Waals surface area contributed by atoms with E-state index in [1.807, 2.05) is 0 Å². The van der Waals surface area contributed by atoms with Crippen LogP contribution in [0.1, 0.15) is 32.5 Å². The predicted molar refractivity (Wildman–Crippen MR) is 84.7 cm³/mol. The van der Waals surface area contributed by atoms with Crippen LogP contribution in [0, 0.1) is 12.7 Å². The molecule has 6 nitrogen and oxygen atoms in total. The number of carbonyl (C=O) groups is 3. The summed E-state index contributed by atoms with van der Waals surface area (Å²) >= 11 is 0.829. The van der Waals surface area contributed by atoms with Crippen LogP contribution < -0.4 is 10.6 Å². The Hall–Kier alpha value is -2.74. The maximum Gasteiger partial charge on any atom is 0.339 e. The second-order valence-electron chi connectivity index (χ2n) is 4.68.